The standard InChI is InChI=1S/C16H20N6O2S/c1-10-8-21(9-11(2)24-10)14-12(7-18-20-16(17)25)15(23)22-6-4-3-5-13(22)19-14/h3-7,10-11H,8-9H2,1-2H3,(H3,17,20,25)/b18-7-/t10-,11-/m0/s1. The minimum atomic E-state index is -0.208. The third-order valence-corrected chi connectivity index (χ3v) is 3.93. The van der Waals surface area contributed by atoms with Crippen LogP contribution in [0.3, 0.4) is 0 Å². The molecule has 2 aromatic heterocycles. The lowest BCUT2D eigenvalue weighted by molar-refractivity contribution is -0.00546. The number of thiocarbonyl (C=S) groups is 1. The van der Waals surface area contributed by atoms with Gasteiger partial charge in [0.05, 0.1) is 18.4 Å². The highest BCUT2D eigenvalue weighted by Gasteiger charge is 2.26. The predicted molar refractivity (Wildman–Crippen MR) is 101 cm³/mol. The summed E-state index contributed by atoms with van der Waals surface area (Å²) >= 11 is 4.74. The highest BCUT2D eigenvalue weighted by molar-refractivity contribution is 7.80. The first kappa shape index (κ1) is 17.3. The van der Waals surface area contributed by atoms with Crippen LogP contribution >= 0.6 is 12.2 Å². The van der Waals surface area contributed by atoms with Gasteiger partial charge in [-0.05, 0) is 38.2 Å². The number of hydrogen-bond acceptors (Lipinski definition) is 6. The molecule has 8 nitrogen and oxygen atoms in total. The Bertz CT molecular complexity index is 871. The van der Waals surface area contributed by atoms with Crippen LogP contribution in [0.2, 0.25) is 0 Å². The summed E-state index contributed by atoms with van der Waals surface area (Å²) in [7, 11) is 0. The van der Waals surface area contributed by atoms with Gasteiger partial charge in [0, 0.05) is 19.3 Å². The van der Waals surface area contributed by atoms with Gasteiger partial charge in [-0.2, -0.15) is 5.10 Å². The van der Waals surface area contributed by atoms with E-state index < -0.39 is 0 Å². The molecule has 0 radical (unpaired) electrons. The first-order chi connectivity index (χ1) is 12.0. The zero-order valence-electron chi connectivity index (χ0n) is 14.0. The summed E-state index contributed by atoms with van der Waals surface area (Å²) in [5.74, 6) is 0.576. The normalized spacial score (nSPS) is 21.0. The molecule has 1 aliphatic heterocycles. The maximum atomic E-state index is 12.9. The summed E-state index contributed by atoms with van der Waals surface area (Å²) < 4.78 is 7.26. The molecule has 2 aromatic rings. The highest BCUT2D eigenvalue weighted by atomic mass is 32.1. The van der Waals surface area contributed by atoms with Gasteiger partial charge >= 0.3 is 0 Å². The van der Waals surface area contributed by atoms with Crippen molar-refractivity contribution in [2.75, 3.05) is 18.0 Å². The number of nitrogens with two attached hydrogens (primary N) is 1. The largest absolute Gasteiger partial charge is 0.375 e. The number of hydrogen-bond donors (Lipinski definition) is 2. The number of fused-ring (bicyclic) bond motifs is 1. The summed E-state index contributed by atoms with van der Waals surface area (Å²) in [6, 6.07) is 5.42. The zero-order chi connectivity index (χ0) is 18.0. The van der Waals surface area contributed by atoms with E-state index in [-0.39, 0.29) is 22.9 Å². The molecule has 0 saturated carbocycles. The lowest BCUT2D eigenvalue weighted by atomic mass is 10.2. The van der Waals surface area contributed by atoms with E-state index in [2.05, 4.69) is 20.4 Å². The Kier molecular flexibility index (Phi) is 4.95. The van der Waals surface area contributed by atoms with Crippen LogP contribution in [-0.2, 0) is 4.74 Å². The van der Waals surface area contributed by atoms with Crippen molar-refractivity contribution in [2.24, 2.45) is 10.8 Å². The van der Waals surface area contributed by atoms with Crippen molar-refractivity contribution in [1.82, 2.24) is 14.8 Å². The van der Waals surface area contributed by atoms with Crippen molar-refractivity contribution < 1.29 is 4.74 Å². The van der Waals surface area contributed by atoms with Gasteiger partial charge in [-0.3, -0.25) is 14.6 Å². The minimum Gasteiger partial charge on any atom is -0.375 e. The third kappa shape index (κ3) is 3.77. The lowest BCUT2D eigenvalue weighted by Crippen LogP contribution is -2.47. The van der Waals surface area contributed by atoms with Gasteiger partial charge in [0.25, 0.3) is 5.56 Å². The Morgan fingerprint density at radius 1 is 1.44 bits per heavy atom. The smallest absolute Gasteiger partial charge is 0.268 e. The fraction of sp³-hybridized carbons (Fsp3) is 0.375. The van der Waals surface area contributed by atoms with Gasteiger partial charge in [-0.15, -0.1) is 0 Å². The number of nitrogens with one attached hydrogen (secondary N) is 1. The molecule has 132 valence electrons. The molecule has 0 bridgehead atoms. The lowest BCUT2D eigenvalue weighted by Gasteiger charge is -2.36. The van der Waals surface area contributed by atoms with Gasteiger partial charge in [0.2, 0.25) is 0 Å². The molecule has 1 fully saturated rings. The molecule has 0 aromatic carbocycles. The molecule has 0 amide bonds. The van der Waals surface area contributed by atoms with Gasteiger partial charge in [0.15, 0.2) is 5.11 Å². The van der Waals surface area contributed by atoms with E-state index in [1.165, 1.54) is 10.6 Å². The van der Waals surface area contributed by atoms with Crippen LogP contribution in [0.1, 0.15) is 19.4 Å². The Hall–Kier alpha value is -2.52. The SMILES string of the molecule is C[C@H]1CN(c2nc3ccccn3c(=O)c2/C=N\NC(N)=S)C[C@H](C)O1. The Labute approximate surface area is 150 Å². The number of pyridine rings is 1. The molecule has 1 aliphatic rings. The summed E-state index contributed by atoms with van der Waals surface area (Å²) in [6.45, 7) is 5.28. The average molecular weight is 360 g/mol. The van der Waals surface area contributed by atoms with E-state index in [1.54, 1.807) is 18.3 Å². The van der Waals surface area contributed by atoms with Crippen LogP contribution in [0.15, 0.2) is 34.3 Å². The van der Waals surface area contributed by atoms with Crippen LogP contribution in [0.25, 0.3) is 5.65 Å². The fourth-order valence-corrected chi connectivity index (χ4v) is 3.01. The molecule has 2 atom stereocenters. The van der Waals surface area contributed by atoms with E-state index >= 15 is 0 Å². The maximum Gasteiger partial charge on any atom is 0.268 e. The summed E-state index contributed by atoms with van der Waals surface area (Å²) in [4.78, 5) is 19.6. The van der Waals surface area contributed by atoms with E-state index in [1.807, 2.05) is 19.9 Å². The summed E-state index contributed by atoms with van der Waals surface area (Å²) in [5, 5.41) is 3.98. The van der Waals surface area contributed by atoms with Gasteiger partial charge < -0.3 is 15.4 Å². The van der Waals surface area contributed by atoms with Gasteiger partial charge in [-0.25, -0.2) is 4.98 Å². The highest BCUT2D eigenvalue weighted by Crippen LogP contribution is 2.20. The number of aromatic nitrogens is 2. The van der Waals surface area contributed by atoms with Crippen LogP contribution in [0.5, 0.6) is 0 Å². The van der Waals surface area contributed by atoms with Crippen LogP contribution < -0.4 is 21.6 Å². The Morgan fingerprint density at radius 3 is 2.84 bits per heavy atom. The predicted octanol–water partition coefficient (Wildman–Crippen LogP) is 0.475. The Morgan fingerprint density at radius 2 is 2.16 bits per heavy atom. The number of nitrogens with zero attached hydrogens (tertiary/aromatic N) is 4. The molecular formula is C16H20N6O2S. The number of morpholine rings is 1. The van der Waals surface area contributed by atoms with E-state index in [0.717, 1.165) is 0 Å². The first-order valence-corrected chi connectivity index (χ1v) is 8.37. The van der Waals surface area contributed by atoms with E-state index in [9.17, 15) is 4.79 Å². The Balaban J connectivity index is 2.12. The van der Waals surface area contributed by atoms with Crippen molar-refractivity contribution in [3.63, 3.8) is 0 Å². The van der Waals surface area contributed by atoms with E-state index in [4.69, 9.17) is 22.7 Å². The zero-order valence-corrected chi connectivity index (χ0v) is 14.9. The molecular weight excluding hydrogens is 340 g/mol. The third-order valence-electron chi connectivity index (χ3n) is 3.84. The summed E-state index contributed by atoms with van der Waals surface area (Å²) in [6.07, 6.45) is 3.17. The number of rotatable bonds is 3. The molecule has 1 saturated heterocycles. The number of anilines is 1. The molecule has 0 aliphatic carbocycles. The summed E-state index contributed by atoms with van der Waals surface area (Å²) in [5.41, 5.74) is 8.60. The monoisotopic (exact) mass is 360 g/mol. The van der Waals surface area contributed by atoms with Crippen molar-refractivity contribution in [1.29, 1.82) is 0 Å². The molecule has 25 heavy (non-hydrogen) atoms. The molecule has 9 heteroatoms. The second kappa shape index (κ2) is 7.16. The van der Waals surface area contributed by atoms with Crippen molar-refractivity contribution in [3.8, 4) is 0 Å². The maximum absolute atomic E-state index is 12.9. The quantitative estimate of drug-likeness (QED) is 0.467. The molecule has 0 unspecified atom stereocenters. The van der Waals surface area contributed by atoms with Crippen LogP contribution in [0, 0.1) is 0 Å². The number of hydrazone groups is 1. The molecule has 0 spiro atoms. The molecule has 3 rings (SSSR count). The first-order valence-electron chi connectivity index (χ1n) is 7.96. The van der Waals surface area contributed by atoms with Crippen molar-refractivity contribution in [3.05, 3.63) is 40.3 Å². The van der Waals surface area contributed by atoms with E-state index in [0.29, 0.717) is 30.1 Å². The minimum absolute atomic E-state index is 0.0280. The molecule has 3 heterocycles. The molecule has 3 N–H and O–H groups in total. The van der Waals surface area contributed by atoms with Crippen molar-refractivity contribution >= 4 is 35.0 Å². The van der Waals surface area contributed by atoms with Crippen LogP contribution in [-0.4, -0.2) is 46.0 Å². The fourth-order valence-electron chi connectivity index (χ4n) is 2.96. The van der Waals surface area contributed by atoms with Crippen LogP contribution in [0.4, 0.5) is 5.82 Å². The number of ether oxygens (including phenoxy) is 1. The second-order valence-electron chi connectivity index (χ2n) is 5.98. The van der Waals surface area contributed by atoms with Gasteiger partial charge in [-0.1, -0.05) is 6.07 Å². The van der Waals surface area contributed by atoms with Crippen molar-refractivity contribution in [2.45, 2.75) is 26.1 Å². The average Bonchev–Trinajstić information content (AvgIpc) is 2.55. The second-order valence-corrected chi connectivity index (χ2v) is 6.42. The van der Waals surface area contributed by atoms with Gasteiger partial charge in [0.1, 0.15) is 17.0 Å². The topological polar surface area (TPSA) is 97.2 Å².